The molecule has 2 N–H and O–H groups in total. The first-order valence-electron chi connectivity index (χ1n) is 10.9. The smallest absolute Gasteiger partial charge is 0.291 e. The Morgan fingerprint density at radius 3 is 2.21 bits per heavy atom. The van der Waals surface area contributed by atoms with E-state index in [9.17, 15) is 14.4 Å². The maximum Gasteiger partial charge on any atom is 0.291 e. The summed E-state index contributed by atoms with van der Waals surface area (Å²) in [5, 5.41) is 5.67. The SMILES string of the molecule is CC(=O)c1ccc(-c2ccc(C(=O)Nc3ccccc3C(=O)NCCc3ccccc3)o2)cc1. The molecule has 0 fully saturated rings. The predicted molar refractivity (Wildman–Crippen MR) is 131 cm³/mol. The molecular formula is C28H24N2O4. The van der Waals surface area contributed by atoms with Gasteiger partial charge in [0.05, 0.1) is 11.3 Å². The van der Waals surface area contributed by atoms with Crippen LogP contribution in [0.2, 0.25) is 0 Å². The van der Waals surface area contributed by atoms with E-state index in [1.54, 1.807) is 60.7 Å². The van der Waals surface area contributed by atoms with Crippen LogP contribution in [0.1, 0.15) is 43.8 Å². The second kappa shape index (κ2) is 10.4. The Morgan fingerprint density at radius 1 is 0.765 bits per heavy atom. The summed E-state index contributed by atoms with van der Waals surface area (Å²) >= 11 is 0. The topological polar surface area (TPSA) is 88.4 Å². The Labute approximate surface area is 197 Å². The number of para-hydroxylation sites is 1. The molecule has 0 atom stereocenters. The average Bonchev–Trinajstić information content (AvgIpc) is 3.36. The number of benzene rings is 3. The highest BCUT2D eigenvalue weighted by Gasteiger charge is 2.17. The van der Waals surface area contributed by atoms with Crippen LogP contribution < -0.4 is 10.6 Å². The van der Waals surface area contributed by atoms with Gasteiger partial charge in [0.2, 0.25) is 0 Å². The number of hydrogen-bond acceptors (Lipinski definition) is 4. The Balaban J connectivity index is 1.41. The molecule has 0 aliphatic carbocycles. The van der Waals surface area contributed by atoms with Crippen LogP contribution in [0.5, 0.6) is 0 Å². The Hall–Kier alpha value is -4.45. The van der Waals surface area contributed by atoms with E-state index < -0.39 is 5.91 Å². The first kappa shape index (κ1) is 22.7. The molecule has 0 aliphatic rings. The number of carbonyl (C=O) groups is 3. The van der Waals surface area contributed by atoms with Gasteiger partial charge in [-0.3, -0.25) is 14.4 Å². The monoisotopic (exact) mass is 452 g/mol. The van der Waals surface area contributed by atoms with Gasteiger partial charge in [-0.05, 0) is 43.2 Å². The van der Waals surface area contributed by atoms with Gasteiger partial charge in [-0.25, -0.2) is 0 Å². The molecule has 0 aliphatic heterocycles. The number of nitrogens with one attached hydrogen (secondary N) is 2. The molecule has 3 aromatic carbocycles. The van der Waals surface area contributed by atoms with Crippen molar-refractivity contribution < 1.29 is 18.8 Å². The molecule has 6 heteroatoms. The third-order valence-corrected chi connectivity index (χ3v) is 5.37. The van der Waals surface area contributed by atoms with Crippen molar-refractivity contribution in [1.82, 2.24) is 5.32 Å². The van der Waals surface area contributed by atoms with Crippen molar-refractivity contribution in [3.8, 4) is 11.3 Å². The molecule has 1 heterocycles. The number of hydrogen-bond donors (Lipinski definition) is 2. The minimum Gasteiger partial charge on any atom is -0.451 e. The number of ketones is 1. The highest BCUT2D eigenvalue weighted by molar-refractivity contribution is 6.08. The van der Waals surface area contributed by atoms with E-state index >= 15 is 0 Å². The lowest BCUT2D eigenvalue weighted by atomic mass is 10.1. The molecular weight excluding hydrogens is 428 g/mol. The average molecular weight is 453 g/mol. The highest BCUT2D eigenvalue weighted by atomic mass is 16.3. The van der Waals surface area contributed by atoms with Gasteiger partial charge in [0, 0.05) is 17.7 Å². The van der Waals surface area contributed by atoms with E-state index in [1.165, 1.54) is 6.92 Å². The number of anilines is 1. The Morgan fingerprint density at radius 2 is 1.47 bits per heavy atom. The van der Waals surface area contributed by atoms with E-state index in [-0.39, 0.29) is 17.5 Å². The van der Waals surface area contributed by atoms with Crippen molar-refractivity contribution in [2.24, 2.45) is 0 Å². The van der Waals surface area contributed by atoms with Gasteiger partial charge in [0.1, 0.15) is 5.76 Å². The van der Waals surface area contributed by atoms with Gasteiger partial charge in [0.15, 0.2) is 11.5 Å². The molecule has 4 aromatic rings. The molecule has 1 aromatic heterocycles. The van der Waals surface area contributed by atoms with Gasteiger partial charge in [-0.1, -0.05) is 66.7 Å². The number of amides is 2. The number of carbonyl (C=O) groups excluding carboxylic acids is 3. The number of rotatable bonds is 8. The summed E-state index contributed by atoms with van der Waals surface area (Å²) in [4.78, 5) is 37.0. The minimum absolute atomic E-state index is 0.0196. The highest BCUT2D eigenvalue weighted by Crippen LogP contribution is 2.24. The third-order valence-electron chi connectivity index (χ3n) is 5.37. The molecule has 4 rings (SSSR count). The maximum absolute atomic E-state index is 12.8. The fourth-order valence-electron chi connectivity index (χ4n) is 3.52. The second-order valence-electron chi connectivity index (χ2n) is 7.79. The van der Waals surface area contributed by atoms with Crippen molar-refractivity contribution in [3.05, 3.63) is 113 Å². The van der Waals surface area contributed by atoms with Crippen molar-refractivity contribution in [2.45, 2.75) is 13.3 Å². The van der Waals surface area contributed by atoms with Crippen molar-refractivity contribution in [2.75, 3.05) is 11.9 Å². The molecule has 2 amide bonds. The van der Waals surface area contributed by atoms with Crippen molar-refractivity contribution in [1.29, 1.82) is 0 Å². The van der Waals surface area contributed by atoms with Gasteiger partial charge < -0.3 is 15.1 Å². The summed E-state index contributed by atoms with van der Waals surface area (Å²) in [7, 11) is 0. The van der Waals surface area contributed by atoms with E-state index in [4.69, 9.17) is 4.42 Å². The zero-order chi connectivity index (χ0) is 23.9. The molecule has 0 radical (unpaired) electrons. The molecule has 6 nitrogen and oxygen atoms in total. The molecule has 0 bridgehead atoms. The molecule has 0 saturated carbocycles. The summed E-state index contributed by atoms with van der Waals surface area (Å²) in [5.41, 5.74) is 3.26. The lowest BCUT2D eigenvalue weighted by molar-refractivity contribution is 0.0954. The third kappa shape index (κ3) is 5.48. The fourth-order valence-corrected chi connectivity index (χ4v) is 3.52. The van der Waals surface area contributed by atoms with Crippen LogP contribution >= 0.6 is 0 Å². The van der Waals surface area contributed by atoms with Crippen LogP contribution in [0, 0.1) is 0 Å². The fraction of sp³-hybridized carbons (Fsp3) is 0.107. The van der Waals surface area contributed by atoms with Gasteiger partial charge in [0.25, 0.3) is 11.8 Å². The van der Waals surface area contributed by atoms with Crippen molar-refractivity contribution in [3.63, 3.8) is 0 Å². The van der Waals surface area contributed by atoms with Crippen LogP contribution in [-0.4, -0.2) is 24.1 Å². The van der Waals surface area contributed by atoms with Crippen LogP contribution in [0.15, 0.2) is 95.4 Å². The van der Waals surface area contributed by atoms with Crippen LogP contribution in [0.25, 0.3) is 11.3 Å². The molecule has 34 heavy (non-hydrogen) atoms. The second-order valence-corrected chi connectivity index (χ2v) is 7.79. The van der Waals surface area contributed by atoms with E-state index in [0.717, 1.165) is 11.1 Å². The van der Waals surface area contributed by atoms with E-state index in [2.05, 4.69) is 10.6 Å². The number of Topliss-reactive ketones (excluding diaryl/α,β-unsaturated/α-hetero) is 1. The standard InChI is InChI=1S/C28H24N2O4/c1-19(31)21-11-13-22(14-12-21)25-15-16-26(34-25)28(33)30-24-10-6-5-9-23(24)27(32)29-18-17-20-7-3-2-4-8-20/h2-16H,17-18H2,1H3,(H,29,32)(H,30,33). The van der Waals surface area contributed by atoms with E-state index in [1.807, 2.05) is 30.3 Å². The maximum atomic E-state index is 12.8. The summed E-state index contributed by atoms with van der Waals surface area (Å²) < 4.78 is 5.72. The first-order chi connectivity index (χ1) is 16.5. The quantitative estimate of drug-likeness (QED) is 0.352. The van der Waals surface area contributed by atoms with Gasteiger partial charge in [-0.15, -0.1) is 0 Å². The van der Waals surface area contributed by atoms with Gasteiger partial charge in [-0.2, -0.15) is 0 Å². The molecule has 0 unspecified atom stereocenters. The summed E-state index contributed by atoms with van der Waals surface area (Å²) in [5.74, 6) is -0.125. The molecule has 170 valence electrons. The Bertz CT molecular complexity index is 1310. The molecule has 0 spiro atoms. The van der Waals surface area contributed by atoms with Crippen LogP contribution in [0.3, 0.4) is 0 Å². The van der Waals surface area contributed by atoms with E-state index in [0.29, 0.717) is 35.5 Å². The lowest BCUT2D eigenvalue weighted by Gasteiger charge is -2.11. The Kier molecular flexibility index (Phi) is 6.98. The van der Waals surface area contributed by atoms with Gasteiger partial charge >= 0.3 is 0 Å². The van der Waals surface area contributed by atoms with Crippen molar-refractivity contribution >= 4 is 23.3 Å². The van der Waals surface area contributed by atoms with Crippen LogP contribution in [-0.2, 0) is 6.42 Å². The predicted octanol–water partition coefficient (Wildman–Crippen LogP) is 5.37. The summed E-state index contributed by atoms with van der Waals surface area (Å²) in [6.07, 6.45) is 0.712. The normalized spacial score (nSPS) is 10.5. The zero-order valence-electron chi connectivity index (χ0n) is 18.7. The summed E-state index contributed by atoms with van der Waals surface area (Å²) in [6.45, 7) is 1.99. The largest absolute Gasteiger partial charge is 0.451 e. The zero-order valence-corrected chi connectivity index (χ0v) is 18.7. The first-order valence-corrected chi connectivity index (χ1v) is 10.9. The lowest BCUT2D eigenvalue weighted by Crippen LogP contribution is -2.27. The molecule has 0 saturated heterocycles. The minimum atomic E-state index is -0.462. The van der Waals surface area contributed by atoms with Crippen LogP contribution in [0.4, 0.5) is 5.69 Å². The summed E-state index contributed by atoms with van der Waals surface area (Å²) in [6, 6.07) is 27.0. The number of furan rings is 1.